The van der Waals surface area contributed by atoms with Crippen LogP contribution in [0.1, 0.15) is 23.0 Å². The van der Waals surface area contributed by atoms with Crippen LogP contribution in [0.2, 0.25) is 0 Å². The molecule has 0 saturated carbocycles. The van der Waals surface area contributed by atoms with Gasteiger partial charge in [-0.15, -0.1) is 0 Å². The third-order valence-electron chi connectivity index (χ3n) is 3.14. The van der Waals surface area contributed by atoms with E-state index in [9.17, 15) is 4.79 Å². The largest absolute Gasteiger partial charge is 0.384 e. The summed E-state index contributed by atoms with van der Waals surface area (Å²) in [4.78, 5) is 23.8. The Morgan fingerprint density at radius 2 is 2.10 bits per heavy atom. The zero-order valence-electron chi connectivity index (χ0n) is 11.6. The van der Waals surface area contributed by atoms with Crippen molar-refractivity contribution < 1.29 is 4.79 Å². The Morgan fingerprint density at radius 3 is 2.86 bits per heavy atom. The fourth-order valence-corrected chi connectivity index (χ4v) is 2.11. The second kappa shape index (κ2) is 5.24. The van der Waals surface area contributed by atoms with Crippen LogP contribution in [-0.4, -0.2) is 20.9 Å². The van der Waals surface area contributed by atoms with Gasteiger partial charge >= 0.3 is 0 Å². The lowest BCUT2D eigenvalue weighted by atomic mass is 10.2. The zero-order valence-corrected chi connectivity index (χ0v) is 11.6. The van der Waals surface area contributed by atoms with Gasteiger partial charge in [0.05, 0.1) is 11.0 Å². The van der Waals surface area contributed by atoms with Crippen LogP contribution in [-0.2, 0) is 6.42 Å². The van der Waals surface area contributed by atoms with Gasteiger partial charge in [-0.25, -0.2) is 9.97 Å². The van der Waals surface area contributed by atoms with E-state index in [4.69, 9.17) is 5.73 Å². The van der Waals surface area contributed by atoms with Crippen LogP contribution < -0.4 is 11.1 Å². The standard InChI is InChI=1S/C15H15N5O/c1-2-10-7-9(8-13(16)17-10)14(21)20-15-18-11-5-3-4-6-12(11)19-15/h3-8H,2H2,1H3,(H2,16,17)(H2,18,19,20,21). The van der Waals surface area contributed by atoms with Crippen molar-refractivity contribution in [3.63, 3.8) is 0 Å². The number of carbonyl (C=O) groups is 1. The number of aryl methyl sites for hydroxylation is 1. The Bertz CT molecular complexity index is 776. The van der Waals surface area contributed by atoms with Crippen molar-refractivity contribution in [2.24, 2.45) is 0 Å². The highest BCUT2D eigenvalue weighted by molar-refractivity contribution is 6.04. The van der Waals surface area contributed by atoms with Crippen molar-refractivity contribution in [2.75, 3.05) is 11.1 Å². The summed E-state index contributed by atoms with van der Waals surface area (Å²) in [5, 5.41) is 2.74. The predicted molar refractivity (Wildman–Crippen MR) is 82.1 cm³/mol. The number of para-hydroxylation sites is 2. The molecule has 0 fully saturated rings. The van der Waals surface area contributed by atoms with Crippen molar-refractivity contribution in [2.45, 2.75) is 13.3 Å². The highest BCUT2D eigenvalue weighted by atomic mass is 16.1. The molecule has 0 saturated heterocycles. The highest BCUT2D eigenvalue weighted by Gasteiger charge is 2.11. The number of fused-ring (bicyclic) bond motifs is 1. The summed E-state index contributed by atoms with van der Waals surface area (Å²) in [5.41, 5.74) is 8.64. The normalized spacial score (nSPS) is 10.7. The number of amides is 1. The number of nitrogens with two attached hydrogens (primary N) is 1. The molecule has 21 heavy (non-hydrogen) atoms. The second-order valence-corrected chi connectivity index (χ2v) is 4.68. The van der Waals surface area contributed by atoms with Gasteiger partial charge in [-0.2, -0.15) is 0 Å². The lowest BCUT2D eigenvalue weighted by Gasteiger charge is -2.05. The van der Waals surface area contributed by atoms with E-state index in [0.717, 1.165) is 23.1 Å². The van der Waals surface area contributed by atoms with Gasteiger partial charge in [0.2, 0.25) is 5.95 Å². The molecule has 6 nitrogen and oxygen atoms in total. The molecule has 0 aliphatic rings. The van der Waals surface area contributed by atoms with Crippen molar-refractivity contribution in [3.05, 3.63) is 47.7 Å². The summed E-state index contributed by atoms with van der Waals surface area (Å²) in [5.74, 6) is 0.483. The first-order chi connectivity index (χ1) is 10.2. The molecule has 6 heteroatoms. The number of imidazole rings is 1. The van der Waals surface area contributed by atoms with Gasteiger partial charge in [0, 0.05) is 11.3 Å². The first-order valence-electron chi connectivity index (χ1n) is 6.68. The number of nitrogen functional groups attached to an aromatic ring is 1. The Kier molecular flexibility index (Phi) is 3.27. The van der Waals surface area contributed by atoms with Crippen molar-refractivity contribution in [1.82, 2.24) is 15.0 Å². The summed E-state index contributed by atoms with van der Waals surface area (Å²) in [6.07, 6.45) is 0.718. The molecule has 0 aliphatic heterocycles. The second-order valence-electron chi connectivity index (χ2n) is 4.68. The van der Waals surface area contributed by atoms with Crippen molar-refractivity contribution in [1.29, 1.82) is 0 Å². The topological polar surface area (TPSA) is 96.7 Å². The molecule has 1 aromatic carbocycles. The lowest BCUT2D eigenvalue weighted by Crippen LogP contribution is -2.14. The molecular formula is C15H15N5O. The zero-order chi connectivity index (χ0) is 14.8. The van der Waals surface area contributed by atoms with E-state index in [0.29, 0.717) is 17.3 Å². The van der Waals surface area contributed by atoms with Crippen molar-refractivity contribution in [3.8, 4) is 0 Å². The Hall–Kier alpha value is -2.89. The molecule has 2 aromatic heterocycles. The lowest BCUT2D eigenvalue weighted by molar-refractivity contribution is 0.102. The molecule has 2 heterocycles. The molecule has 0 radical (unpaired) electrons. The van der Waals surface area contributed by atoms with Crippen LogP contribution in [0.15, 0.2) is 36.4 Å². The maximum atomic E-state index is 12.3. The Labute approximate surface area is 121 Å². The van der Waals surface area contributed by atoms with Crippen molar-refractivity contribution >= 4 is 28.7 Å². The molecule has 0 atom stereocenters. The van der Waals surface area contributed by atoms with Crippen LogP contribution in [0, 0.1) is 0 Å². The van der Waals surface area contributed by atoms with E-state index in [1.165, 1.54) is 0 Å². The number of hydrogen-bond donors (Lipinski definition) is 3. The number of rotatable bonds is 3. The summed E-state index contributed by atoms with van der Waals surface area (Å²) in [6, 6.07) is 10.9. The summed E-state index contributed by atoms with van der Waals surface area (Å²) in [6.45, 7) is 1.96. The Morgan fingerprint density at radius 1 is 1.29 bits per heavy atom. The molecule has 0 spiro atoms. The first kappa shape index (κ1) is 13.1. The molecule has 106 valence electrons. The van der Waals surface area contributed by atoms with E-state index in [2.05, 4.69) is 20.3 Å². The van der Waals surface area contributed by atoms with Gasteiger partial charge < -0.3 is 10.7 Å². The number of benzene rings is 1. The summed E-state index contributed by atoms with van der Waals surface area (Å²) < 4.78 is 0. The number of pyridine rings is 1. The molecule has 4 N–H and O–H groups in total. The first-order valence-corrected chi connectivity index (χ1v) is 6.68. The summed E-state index contributed by atoms with van der Waals surface area (Å²) >= 11 is 0. The SMILES string of the molecule is CCc1cc(C(=O)Nc2nc3ccccc3[nH]2)cc(N)n1. The third kappa shape index (κ3) is 2.69. The van der Waals surface area contributed by atoms with Gasteiger partial charge in [-0.1, -0.05) is 19.1 Å². The molecule has 3 rings (SSSR count). The van der Waals surface area contributed by atoms with E-state index in [1.807, 2.05) is 31.2 Å². The average molecular weight is 281 g/mol. The van der Waals surface area contributed by atoms with Gasteiger partial charge in [0.1, 0.15) is 5.82 Å². The van der Waals surface area contributed by atoms with Gasteiger partial charge in [0.15, 0.2) is 0 Å². The average Bonchev–Trinajstić information content (AvgIpc) is 2.88. The molecular weight excluding hydrogens is 266 g/mol. The van der Waals surface area contributed by atoms with Crippen LogP contribution >= 0.6 is 0 Å². The predicted octanol–water partition coefficient (Wildman–Crippen LogP) is 2.35. The van der Waals surface area contributed by atoms with Crippen LogP contribution in [0.5, 0.6) is 0 Å². The Balaban J connectivity index is 1.87. The van der Waals surface area contributed by atoms with E-state index >= 15 is 0 Å². The number of nitrogens with zero attached hydrogens (tertiary/aromatic N) is 2. The number of aromatic nitrogens is 3. The fraction of sp³-hybridized carbons (Fsp3) is 0.133. The quantitative estimate of drug-likeness (QED) is 0.686. The molecule has 0 bridgehead atoms. The van der Waals surface area contributed by atoms with Gasteiger partial charge in [-0.3, -0.25) is 10.1 Å². The number of H-pyrrole nitrogens is 1. The van der Waals surface area contributed by atoms with Gasteiger partial charge in [0.25, 0.3) is 5.91 Å². The maximum Gasteiger partial charge on any atom is 0.258 e. The summed E-state index contributed by atoms with van der Waals surface area (Å²) in [7, 11) is 0. The van der Waals surface area contributed by atoms with E-state index < -0.39 is 0 Å². The van der Waals surface area contributed by atoms with E-state index in [-0.39, 0.29) is 5.91 Å². The maximum absolute atomic E-state index is 12.3. The smallest absolute Gasteiger partial charge is 0.258 e. The molecule has 3 aromatic rings. The fourth-order valence-electron chi connectivity index (χ4n) is 2.11. The highest BCUT2D eigenvalue weighted by Crippen LogP contribution is 2.15. The third-order valence-corrected chi connectivity index (χ3v) is 3.14. The molecule has 1 amide bonds. The van der Waals surface area contributed by atoms with Crippen LogP contribution in [0.25, 0.3) is 11.0 Å². The number of nitrogens with one attached hydrogen (secondary N) is 2. The van der Waals surface area contributed by atoms with Crippen LogP contribution in [0.3, 0.4) is 0 Å². The number of carbonyl (C=O) groups excluding carboxylic acids is 1. The minimum absolute atomic E-state index is 0.266. The minimum Gasteiger partial charge on any atom is -0.384 e. The number of hydrogen-bond acceptors (Lipinski definition) is 4. The van der Waals surface area contributed by atoms with Gasteiger partial charge in [-0.05, 0) is 30.7 Å². The van der Waals surface area contributed by atoms with Crippen LogP contribution in [0.4, 0.5) is 11.8 Å². The molecule has 0 unspecified atom stereocenters. The monoisotopic (exact) mass is 281 g/mol. The number of aromatic amines is 1. The number of anilines is 2. The van der Waals surface area contributed by atoms with E-state index in [1.54, 1.807) is 12.1 Å². The minimum atomic E-state index is -0.266. The molecule has 0 aliphatic carbocycles.